The predicted octanol–water partition coefficient (Wildman–Crippen LogP) is 1.43. The molecular weight excluding hydrogens is 342 g/mol. The predicted molar refractivity (Wildman–Crippen MR) is 113 cm³/mol. The maximum atomic E-state index is 5.35. The van der Waals surface area contributed by atoms with Gasteiger partial charge in [0.25, 0.3) is 0 Å². The van der Waals surface area contributed by atoms with Crippen LogP contribution < -0.4 is 15.4 Å². The van der Waals surface area contributed by atoms with Crippen LogP contribution in [0.1, 0.15) is 18.0 Å². The Balaban J connectivity index is 2.48. The van der Waals surface area contributed by atoms with Gasteiger partial charge in [-0.1, -0.05) is 12.1 Å². The summed E-state index contributed by atoms with van der Waals surface area (Å²) >= 11 is 0. The van der Waals surface area contributed by atoms with Crippen LogP contribution in [0.4, 0.5) is 0 Å². The summed E-state index contributed by atoms with van der Waals surface area (Å²) in [5.74, 6) is 1.69. The van der Waals surface area contributed by atoms with E-state index in [4.69, 9.17) is 9.47 Å². The molecule has 0 bridgehead atoms. The van der Waals surface area contributed by atoms with Crippen LogP contribution in [0, 0.1) is 0 Å². The number of aliphatic imine (C=N–C) groups is 1. The van der Waals surface area contributed by atoms with Crippen molar-refractivity contribution in [1.82, 2.24) is 20.4 Å². The van der Waals surface area contributed by atoms with Gasteiger partial charge in [0.1, 0.15) is 5.75 Å². The first-order chi connectivity index (χ1) is 13.0. The Labute approximate surface area is 164 Å². The minimum absolute atomic E-state index is 0.218. The van der Waals surface area contributed by atoms with Crippen LogP contribution in [0.2, 0.25) is 0 Å². The highest BCUT2D eigenvalue weighted by atomic mass is 16.5. The SMILES string of the molecule is CN=C(NCCN(C)CCCOC)NCC(c1cccc(OC)c1)N(C)C. The molecule has 1 aromatic carbocycles. The van der Waals surface area contributed by atoms with Crippen LogP contribution in [0.25, 0.3) is 0 Å². The van der Waals surface area contributed by atoms with Gasteiger partial charge in [-0.3, -0.25) is 4.99 Å². The monoisotopic (exact) mass is 379 g/mol. The number of hydrogen-bond acceptors (Lipinski definition) is 5. The van der Waals surface area contributed by atoms with E-state index < -0.39 is 0 Å². The van der Waals surface area contributed by atoms with Gasteiger partial charge in [0, 0.05) is 46.9 Å². The van der Waals surface area contributed by atoms with Crippen molar-refractivity contribution in [2.75, 3.05) is 75.2 Å². The molecule has 1 aromatic rings. The standard InChI is InChI=1S/C20H37N5O2/c1-21-20(22-11-13-25(4)12-8-14-26-5)23-16-19(24(2)3)17-9-7-10-18(15-17)27-6/h7,9-10,15,19H,8,11-14,16H2,1-6H3,(H2,21,22,23). The summed E-state index contributed by atoms with van der Waals surface area (Å²) in [4.78, 5) is 8.81. The lowest BCUT2D eigenvalue weighted by atomic mass is 10.1. The number of nitrogens with one attached hydrogen (secondary N) is 2. The van der Waals surface area contributed by atoms with Crippen LogP contribution in [0.15, 0.2) is 29.3 Å². The lowest BCUT2D eigenvalue weighted by Crippen LogP contribution is -2.44. The molecule has 0 heterocycles. The fraction of sp³-hybridized carbons (Fsp3) is 0.650. The lowest BCUT2D eigenvalue weighted by Gasteiger charge is -2.26. The molecule has 0 aliphatic heterocycles. The zero-order valence-corrected chi connectivity index (χ0v) is 17.8. The van der Waals surface area contributed by atoms with Gasteiger partial charge in [-0.2, -0.15) is 0 Å². The summed E-state index contributed by atoms with van der Waals surface area (Å²) in [7, 11) is 11.5. The van der Waals surface area contributed by atoms with Crippen molar-refractivity contribution in [3.05, 3.63) is 29.8 Å². The van der Waals surface area contributed by atoms with E-state index in [1.165, 1.54) is 5.56 Å². The molecule has 0 saturated carbocycles. The summed E-state index contributed by atoms with van der Waals surface area (Å²) in [5.41, 5.74) is 1.21. The van der Waals surface area contributed by atoms with Gasteiger partial charge in [-0.05, 0) is 45.3 Å². The van der Waals surface area contributed by atoms with Crippen molar-refractivity contribution in [3.63, 3.8) is 0 Å². The quantitative estimate of drug-likeness (QED) is 0.325. The van der Waals surface area contributed by atoms with E-state index in [1.54, 1.807) is 21.3 Å². The summed E-state index contributed by atoms with van der Waals surface area (Å²) < 4.78 is 10.4. The second kappa shape index (κ2) is 13.4. The molecule has 0 spiro atoms. The van der Waals surface area contributed by atoms with E-state index in [2.05, 4.69) is 58.7 Å². The molecule has 0 aliphatic carbocycles. The molecule has 7 heteroatoms. The minimum atomic E-state index is 0.218. The second-order valence-electron chi connectivity index (χ2n) is 6.79. The van der Waals surface area contributed by atoms with Crippen molar-refractivity contribution >= 4 is 5.96 Å². The Bertz CT molecular complexity index is 551. The summed E-state index contributed by atoms with van der Waals surface area (Å²) in [6, 6.07) is 8.41. The van der Waals surface area contributed by atoms with Crippen LogP contribution in [0.3, 0.4) is 0 Å². The molecule has 0 amide bonds. The largest absolute Gasteiger partial charge is 0.497 e. The molecule has 1 unspecified atom stereocenters. The molecule has 0 aromatic heterocycles. The highest BCUT2D eigenvalue weighted by Crippen LogP contribution is 2.21. The zero-order chi connectivity index (χ0) is 20.1. The Kier molecular flexibility index (Phi) is 11.5. The molecule has 2 N–H and O–H groups in total. The van der Waals surface area contributed by atoms with E-state index in [-0.39, 0.29) is 6.04 Å². The first kappa shape index (κ1) is 23.2. The average molecular weight is 380 g/mol. The lowest BCUT2D eigenvalue weighted by molar-refractivity contribution is 0.180. The van der Waals surface area contributed by atoms with Gasteiger partial charge >= 0.3 is 0 Å². The molecule has 27 heavy (non-hydrogen) atoms. The average Bonchev–Trinajstić information content (AvgIpc) is 2.66. The van der Waals surface area contributed by atoms with Gasteiger partial charge in [-0.25, -0.2) is 0 Å². The van der Waals surface area contributed by atoms with Crippen LogP contribution in [-0.2, 0) is 4.74 Å². The number of likely N-dealkylation sites (N-methyl/N-ethyl adjacent to an activating group) is 2. The van der Waals surface area contributed by atoms with Gasteiger partial charge in [0.05, 0.1) is 13.2 Å². The fourth-order valence-corrected chi connectivity index (χ4v) is 2.82. The molecule has 154 valence electrons. The number of guanidine groups is 1. The normalized spacial score (nSPS) is 13.1. The molecule has 1 rings (SSSR count). The van der Waals surface area contributed by atoms with E-state index in [0.29, 0.717) is 0 Å². The third-order valence-electron chi connectivity index (χ3n) is 4.46. The first-order valence-electron chi connectivity index (χ1n) is 9.44. The van der Waals surface area contributed by atoms with Crippen molar-refractivity contribution in [2.45, 2.75) is 12.5 Å². The highest BCUT2D eigenvalue weighted by Gasteiger charge is 2.15. The van der Waals surface area contributed by atoms with Crippen molar-refractivity contribution in [3.8, 4) is 5.75 Å². The van der Waals surface area contributed by atoms with Gasteiger partial charge in [0.15, 0.2) is 5.96 Å². The third kappa shape index (κ3) is 9.08. The van der Waals surface area contributed by atoms with Gasteiger partial charge in [-0.15, -0.1) is 0 Å². The van der Waals surface area contributed by atoms with Crippen LogP contribution in [0.5, 0.6) is 5.75 Å². The van der Waals surface area contributed by atoms with E-state index in [1.807, 2.05) is 12.1 Å². The Morgan fingerprint density at radius 1 is 1.15 bits per heavy atom. The second-order valence-corrected chi connectivity index (χ2v) is 6.79. The van der Waals surface area contributed by atoms with Crippen molar-refractivity contribution in [1.29, 1.82) is 0 Å². The Morgan fingerprint density at radius 3 is 2.56 bits per heavy atom. The maximum Gasteiger partial charge on any atom is 0.191 e. The van der Waals surface area contributed by atoms with E-state index >= 15 is 0 Å². The first-order valence-corrected chi connectivity index (χ1v) is 9.44. The van der Waals surface area contributed by atoms with E-state index in [0.717, 1.165) is 50.9 Å². The van der Waals surface area contributed by atoms with Gasteiger partial charge < -0.3 is 29.9 Å². The zero-order valence-electron chi connectivity index (χ0n) is 17.8. The number of benzene rings is 1. The number of methoxy groups -OCH3 is 2. The maximum absolute atomic E-state index is 5.35. The summed E-state index contributed by atoms with van der Waals surface area (Å²) in [6.07, 6.45) is 1.05. The molecule has 0 fully saturated rings. The van der Waals surface area contributed by atoms with Gasteiger partial charge in [0.2, 0.25) is 0 Å². The highest BCUT2D eigenvalue weighted by molar-refractivity contribution is 5.79. The minimum Gasteiger partial charge on any atom is -0.497 e. The molecule has 0 aliphatic rings. The molecule has 0 radical (unpaired) electrons. The molecule has 0 saturated heterocycles. The number of hydrogen-bond donors (Lipinski definition) is 2. The topological polar surface area (TPSA) is 61.4 Å². The summed E-state index contributed by atoms with van der Waals surface area (Å²) in [5, 5.41) is 6.81. The third-order valence-corrected chi connectivity index (χ3v) is 4.46. The van der Waals surface area contributed by atoms with Crippen LogP contribution >= 0.6 is 0 Å². The molecular formula is C20H37N5O2. The number of rotatable bonds is 12. The van der Waals surface area contributed by atoms with Crippen molar-refractivity contribution in [2.24, 2.45) is 4.99 Å². The smallest absolute Gasteiger partial charge is 0.191 e. The molecule has 7 nitrogen and oxygen atoms in total. The fourth-order valence-electron chi connectivity index (χ4n) is 2.82. The number of ether oxygens (including phenoxy) is 2. The van der Waals surface area contributed by atoms with Crippen molar-refractivity contribution < 1.29 is 9.47 Å². The Hall–Kier alpha value is -1.83. The Morgan fingerprint density at radius 2 is 1.93 bits per heavy atom. The van der Waals surface area contributed by atoms with Crippen LogP contribution in [-0.4, -0.2) is 91.0 Å². The summed E-state index contributed by atoms with van der Waals surface area (Å²) in [6.45, 7) is 4.38. The molecule has 1 atom stereocenters. The number of nitrogens with zero attached hydrogens (tertiary/aromatic N) is 3. The van der Waals surface area contributed by atoms with E-state index in [9.17, 15) is 0 Å².